The number of carbonyl (C=O) groups excluding carboxylic acids is 1. The molecule has 0 amide bonds. The number of hydrogen-bond donors (Lipinski definition) is 1. The first-order chi connectivity index (χ1) is 4.43. The molecule has 1 aromatic rings. The van der Waals surface area contributed by atoms with Crippen molar-refractivity contribution < 1.29 is 4.79 Å². The third-order valence-electron chi connectivity index (χ3n) is 0.655. The molecule has 0 spiro atoms. The molecular formula is C6H10N2O. The lowest BCUT2D eigenvalue weighted by Gasteiger charge is -1.63. The number of carbonyl (C=O) groups is 1. The molecule has 0 aromatic carbocycles. The van der Waals surface area contributed by atoms with Crippen molar-refractivity contribution in [1.29, 1.82) is 0 Å². The van der Waals surface area contributed by atoms with E-state index in [4.69, 9.17) is 0 Å². The molecule has 3 heteroatoms. The van der Waals surface area contributed by atoms with Crippen LogP contribution in [-0.4, -0.2) is 16.5 Å². The molecule has 50 valence electrons. The number of aldehydes is 1. The standard InChI is InChI=1S/C4H4N2O.C2H6/c7-3-4-1-5-6-2-4;1-2/h1-3H,(H,5,6);1-2H3. The number of nitrogens with one attached hydrogen (secondary N) is 1. The Balaban J connectivity index is 0.000000291. The fraction of sp³-hybridized carbons (Fsp3) is 0.333. The predicted octanol–water partition coefficient (Wildman–Crippen LogP) is 1.25. The minimum Gasteiger partial charge on any atom is -0.298 e. The van der Waals surface area contributed by atoms with Crippen molar-refractivity contribution >= 4 is 6.29 Å². The zero-order valence-corrected chi connectivity index (χ0v) is 5.59. The van der Waals surface area contributed by atoms with Crippen LogP contribution in [0.4, 0.5) is 0 Å². The summed E-state index contributed by atoms with van der Waals surface area (Å²) in [6.45, 7) is 4.00. The second kappa shape index (κ2) is 5.03. The summed E-state index contributed by atoms with van der Waals surface area (Å²) in [5.41, 5.74) is 0.583. The van der Waals surface area contributed by atoms with E-state index < -0.39 is 0 Å². The number of H-pyrrole nitrogens is 1. The largest absolute Gasteiger partial charge is 0.298 e. The minimum absolute atomic E-state index is 0.583. The van der Waals surface area contributed by atoms with Crippen LogP contribution in [0, 0.1) is 0 Å². The van der Waals surface area contributed by atoms with E-state index in [0.29, 0.717) is 5.56 Å². The van der Waals surface area contributed by atoms with Gasteiger partial charge in [0, 0.05) is 6.20 Å². The van der Waals surface area contributed by atoms with Crippen LogP contribution in [0.3, 0.4) is 0 Å². The highest BCUT2D eigenvalue weighted by atomic mass is 16.1. The molecule has 3 nitrogen and oxygen atoms in total. The van der Waals surface area contributed by atoms with Crippen molar-refractivity contribution in [1.82, 2.24) is 10.2 Å². The normalized spacial score (nSPS) is 7.33. The molecule has 1 aromatic heterocycles. The zero-order chi connectivity index (χ0) is 7.11. The molecule has 9 heavy (non-hydrogen) atoms. The van der Waals surface area contributed by atoms with Gasteiger partial charge in [0.15, 0.2) is 6.29 Å². The van der Waals surface area contributed by atoms with Crippen molar-refractivity contribution in [3.8, 4) is 0 Å². The number of rotatable bonds is 1. The first-order valence-electron chi connectivity index (χ1n) is 2.87. The van der Waals surface area contributed by atoms with E-state index in [1.165, 1.54) is 12.4 Å². The van der Waals surface area contributed by atoms with Gasteiger partial charge in [0.1, 0.15) is 0 Å². The highest BCUT2D eigenvalue weighted by Crippen LogP contribution is 1.83. The quantitative estimate of drug-likeness (QED) is 0.575. The second-order valence-electron chi connectivity index (χ2n) is 1.15. The lowest BCUT2D eigenvalue weighted by molar-refractivity contribution is 0.112. The number of aromatic amines is 1. The van der Waals surface area contributed by atoms with E-state index in [-0.39, 0.29) is 0 Å². The maximum atomic E-state index is 9.81. The van der Waals surface area contributed by atoms with E-state index in [0.717, 1.165) is 6.29 Å². The Hall–Kier alpha value is -1.12. The van der Waals surface area contributed by atoms with Crippen LogP contribution < -0.4 is 0 Å². The molecule has 1 heterocycles. The van der Waals surface area contributed by atoms with Gasteiger partial charge in [-0.25, -0.2) is 0 Å². The molecule has 0 unspecified atom stereocenters. The van der Waals surface area contributed by atoms with E-state index in [1.54, 1.807) is 0 Å². The molecule has 0 atom stereocenters. The van der Waals surface area contributed by atoms with Crippen LogP contribution in [0.5, 0.6) is 0 Å². The van der Waals surface area contributed by atoms with Gasteiger partial charge >= 0.3 is 0 Å². The summed E-state index contributed by atoms with van der Waals surface area (Å²) >= 11 is 0. The summed E-state index contributed by atoms with van der Waals surface area (Å²) < 4.78 is 0. The van der Waals surface area contributed by atoms with Crippen LogP contribution in [0.1, 0.15) is 24.2 Å². The van der Waals surface area contributed by atoms with Crippen LogP contribution in [0.15, 0.2) is 12.4 Å². The highest BCUT2D eigenvalue weighted by molar-refractivity contribution is 5.73. The van der Waals surface area contributed by atoms with Crippen molar-refractivity contribution in [3.05, 3.63) is 18.0 Å². The summed E-state index contributed by atoms with van der Waals surface area (Å²) in [5, 5.41) is 6.04. The fourth-order valence-corrected chi connectivity index (χ4v) is 0.325. The summed E-state index contributed by atoms with van der Waals surface area (Å²) in [6, 6.07) is 0. The Kier molecular flexibility index (Phi) is 4.40. The molecule has 0 saturated heterocycles. The van der Waals surface area contributed by atoms with Gasteiger partial charge in [0.25, 0.3) is 0 Å². The maximum absolute atomic E-state index is 9.81. The van der Waals surface area contributed by atoms with Crippen LogP contribution >= 0.6 is 0 Å². The Labute approximate surface area is 54.1 Å². The Bertz CT molecular complexity index is 146. The first-order valence-corrected chi connectivity index (χ1v) is 2.87. The van der Waals surface area contributed by atoms with Crippen molar-refractivity contribution in [2.24, 2.45) is 0 Å². The fourth-order valence-electron chi connectivity index (χ4n) is 0.325. The number of aromatic nitrogens is 2. The van der Waals surface area contributed by atoms with Gasteiger partial charge in [-0.05, 0) is 0 Å². The van der Waals surface area contributed by atoms with Gasteiger partial charge in [0.2, 0.25) is 0 Å². The smallest absolute Gasteiger partial charge is 0.153 e. The third-order valence-corrected chi connectivity index (χ3v) is 0.655. The van der Waals surface area contributed by atoms with Gasteiger partial charge in [-0.2, -0.15) is 5.10 Å². The molecular weight excluding hydrogens is 116 g/mol. The monoisotopic (exact) mass is 126 g/mol. The van der Waals surface area contributed by atoms with E-state index >= 15 is 0 Å². The van der Waals surface area contributed by atoms with Gasteiger partial charge in [0.05, 0.1) is 11.8 Å². The van der Waals surface area contributed by atoms with Crippen LogP contribution in [-0.2, 0) is 0 Å². The number of hydrogen-bond acceptors (Lipinski definition) is 2. The van der Waals surface area contributed by atoms with Gasteiger partial charge in [-0.1, -0.05) is 13.8 Å². The first kappa shape index (κ1) is 7.88. The van der Waals surface area contributed by atoms with Gasteiger partial charge in [-0.15, -0.1) is 0 Å². The van der Waals surface area contributed by atoms with E-state index in [9.17, 15) is 4.79 Å². The Morgan fingerprint density at radius 1 is 1.67 bits per heavy atom. The molecule has 1 N–H and O–H groups in total. The van der Waals surface area contributed by atoms with Crippen molar-refractivity contribution in [3.63, 3.8) is 0 Å². The lowest BCUT2D eigenvalue weighted by atomic mass is 10.4. The molecule has 0 aliphatic carbocycles. The van der Waals surface area contributed by atoms with Crippen LogP contribution in [0.25, 0.3) is 0 Å². The molecule has 0 radical (unpaired) electrons. The topological polar surface area (TPSA) is 45.8 Å². The zero-order valence-electron chi connectivity index (χ0n) is 5.59. The molecule has 0 fully saturated rings. The third kappa shape index (κ3) is 2.64. The molecule has 0 aliphatic rings. The van der Waals surface area contributed by atoms with Gasteiger partial charge < -0.3 is 0 Å². The second-order valence-corrected chi connectivity index (χ2v) is 1.15. The average Bonchev–Trinajstić information content (AvgIpc) is 2.43. The van der Waals surface area contributed by atoms with Gasteiger partial charge in [-0.3, -0.25) is 9.89 Å². The average molecular weight is 126 g/mol. The molecule has 0 aliphatic heterocycles. The molecule has 1 rings (SSSR count). The summed E-state index contributed by atoms with van der Waals surface area (Å²) in [6.07, 6.45) is 3.74. The number of nitrogens with zero attached hydrogens (tertiary/aromatic N) is 1. The highest BCUT2D eigenvalue weighted by Gasteiger charge is 1.83. The summed E-state index contributed by atoms with van der Waals surface area (Å²) in [7, 11) is 0. The van der Waals surface area contributed by atoms with Crippen molar-refractivity contribution in [2.45, 2.75) is 13.8 Å². The minimum atomic E-state index is 0.583. The SMILES string of the molecule is CC.O=Cc1cn[nH]c1. The van der Waals surface area contributed by atoms with Crippen LogP contribution in [0.2, 0.25) is 0 Å². The molecule has 0 bridgehead atoms. The maximum Gasteiger partial charge on any atom is 0.153 e. The predicted molar refractivity (Wildman–Crippen MR) is 35.3 cm³/mol. The van der Waals surface area contributed by atoms with E-state index in [2.05, 4.69) is 10.2 Å². The van der Waals surface area contributed by atoms with Crippen molar-refractivity contribution in [2.75, 3.05) is 0 Å². The summed E-state index contributed by atoms with van der Waals surface area (Å²) in [5.74, 6) is 0. The Morgan fingerprint density at radius 2 is 2.33 bits per heavy atom. The Morgan fingerprint density at radius 3 is 2.56 bits per heavy atom. The summed E-state index contributed by atoms with van der Waals surface area (Å²) in [4.78, 5) is 9.81. The lowest BCUT2D eigenvalue weighted by Crippen LogP contribution is -1.66. The molecule has 0 saturated carbocycles. The van der Waals surface area contributed by atoms with E-state index in [1.807, 2.05) is 13.8 Å².